The van der Waals surface area contributed by atoms with Gasteiger partial charge in [0.05, 0.1) is 17.8 Å². The van der Waals surface area contributed by atoms with Crippen molar-refractivity contribution in [3.8, 4) is 11.4 Å². The van der Waals surface area contributed by atoms with E-state index in [4.69, 9.17) is 4.74 Å². The van der Waals surface area contributed by atoms with Crippen molar-refractivity contribution < 1.29 is 9.53 Å². The predicted octanol–water partition coefficient (Wildman–Crippen LogP) is 2.11. The molecule has 1 unspecified atom stereocenters. The molecule has 1 N–H and O–H groups in total. The maximum Gasteiger partial charge on any atom is 0.255 e. The highest BCUT2D eigenvalue weighted by molar-refractivity contribution is 6.00. The molecule has 3 saturated heterocycles. The summed E-state index contributed by atoms with van der Waals surface area (Å²) < 4.78 is 6.37. The van der Waals surface area contributed by atoms with Crippen LogP contribution in [-0.4, -0.2) is 79.8 Å². The zero-order valence-electron chi connectivity index (χ0n) is 17.0. The van der Waals surface area contributed by atoms with E-state index < -0.39 is 0 Å². The number of benzene rings is 1. The first-order valence-electron chi connectivity index (χ1n) is 10.6. The molecule has 2 aromatic rings. The molecule has 0 radical (unpaired) electrons. The van der Waals surface area contributed by atoms with E-state index in [0.29, 0.717) is 17.4 Å². The van der Waals surface area contributed by atoms with Crippen molar-refractivity contribution in [1.82, 2.24) is 30.4 Å². The van der Waals surface area contributed by atoms with Gasteiger partial charge >= 0.3 is 0 Å². The fraction of sp³-hybridized carbons (Fsp3) is 0.619. The number of carbonyl (C=O) groups excluding carboxylic acids is 1. The molecule has 1 spiro atoms. The Labute approximate surface area is 170 Å². The van der Waals surface area contributed by atoms with Crippen molar-refractivity contribution in [2.75, 3.05) is 19.7 Å². The average molecular weight is 396 g/mol. The summed E-state index contributed by atoms with van der Waals surface area (Å²) >= 11 is 0. The molecule has 3 aliphatic heterocycles. The Morgan fingerprint density at radius 2 is 2.00 bits per heavy atom. The molecule has 3 fully saturated rings. The van der Waals surface area contributed by atoms with Crippen molar-refractivity contribution in [2.45, 2.75) is 63.3 Å². The molecular formula is C21H28N6O2. The molecule has 8 nitrogen and oxygen atoms in total. The van der Waals surface area contributed by atoms with Gasteiger partial charge in [-0.2, -0.15) is 5.21 Å². The highest BCUT2D eigenvalue weighted by atomic mass is 16.5. The standard InChI is InChI=1S/C21H28N6O2/c1-14(2)26-9-10-29-21(13-26)11-15-7-8-16(12-21)27(15)20(28)18-6-4-3-5-17(18)19-22-24-25-23-19/h3-6,14-16H,7-13H2,1-2H3,(H,22,23,24,25)/t15-,16+,21?. The van der Waals surface area contributed by atoms with E-state index in [1.807, 2.05) is 24.3 Å². The minimum Gasteiger partial charge on any atom is -0.372 e. The van der Waals surface area contributed by atoms with Crippen molar-refractivity contribution in [2.24, 2.45) is 0 Å². The normalized spacial score (nSPS) is 29.7. The minimum atomic E-state index is -0.113. The van der Waals surface area contributed by atoms with Gasteiger partial charge in [0.15, 0.2) is 0 Å². The SMILES string of the molecule is CC(C)N1CCOC2(C[C@H]3CC[C@@H](C2)N3C(=O)c2ccccc2-c2nn[nH]n2)C1. The number of aromatic amines is 1. The Morgan fingerprint density at radius 1 is 1.24 bits per heavy atom. The first kappa shape index (κ1) is 18.7. The van der Waals surface area contributed by atoms with Gasteiger partial charge in [-0.3, -0.25) is 9.69 Å². The zero-order chi connectivity index (χ0) is 20.0. The number of aromatic nitrogens is 4. The van der Waals surface area contributed by atoms with Crippen LogP contribution in [0.3, 0.4) is 0 Å². The summed E-state index contributed by atoms with van der Waals surface area (Å²) in [7, 11) is 0. The summed E-state index contributed by atoms with van der Waals surface area (Å²) in [4.78, 5) is 18.2. The van der Waals surface area contributed by atoms with Crippen molar-refractivity contribution in [3.63, 3.8) is 0 Å². The summed E-state index contributed by atoms with van der Waals surface area (Å²) in [6, 6.07) is 8.53. The lowest BCUT2D eigenvalue weighted by Crippen LogP contribution is -2.61. The number of ether oxygens (including phenoxy) is 1. The summed E-state index contributed by atoms with van der Waals surface area (Å²) in [5.74, 6) is 0.530. The van der Waals surface area contributed by atoms with Crippen LogP contribution in [-0.2, 0) is 4.74 Å². The second-order valence-corrected chi connectivity index (χ2v) is 8.88. The van der Waals surface area contributed by atoms with E-state index in [1.54, 1.807) is 0 Å². The van der Waals surface area contributed by atoms with Crippen LogP contribution in [0.2, 0.25) is 0 Å². The molecule has 29 heavy (non-hydrogen) atoms. The van der Waals surface area contributed by atoms with E-state index in [-0.39, 0.29) is 23.6 Å². The maximum atomic E-state index is 13.6. The number of amides is 1. The number of hydrogen-bond acceptors (Lipinski definition) is 6. The van der Waals surface area contributed by atoms with Crippen molar-refractivity contribution in [1.29, 1.82) is 0 Å². The number of hydrogen-bond donors (Lipinski definition) is 1. The number of morpholine rings is 1. The maximum absolute atomic E-state index is 13.6. The lowest BCUT2D eigenvalue weighted by Gasteiger charge is -2.51. The lowest BCUT2D eigenvalue weighted by molar-refractivity contribution is -0.149. The largest absolute Gasteiger partial charge is 0.372 e. The second-order valence-electron chi connectivity index (χ2n) is 8.88. The highest BCUT2D eigenvalue weighted by Gasteiger charge is 2.52. The number of nitrogens with one attached hydrogen (secondary N) is 1. The Hall–Kier alpha value is -2.32. The first-order chi connectivity index (χ1) is 14.1. The third-order valence-corrected chi connectivity index (χ3v) is 6.82. The molecule has 1 amide bonds. The number of tetrazole rings is 1. The topological polar surface area (TPSA) is 87.2 Å². The number of carbonyl (C=O) groups is 1. The molecule has 4 heterocycles. The van der Waals surface area contributed by atoms with E-state index >= 15 is 0 Å². The zero-order valence-corrected chi connectivity index (χ0v) is 17.0. The molecular weight excluding hydrogens is 368 g/mol. The quantitative estimate of drug-likeness (QED) is 0.855. The fourth-order valence-electron chi connectivity index (χ4n) is 5.48. The van der Waals surface area contributed by atoms with E-state index in [0.717, 1.165) is 50.9 Å². The molecule has 3 aliphatic rings. The molecule has 8 heteroatoms. The van der Waals surface area contributed by atoms with Crippen LogP contribution in [0.25, 0.3) is 11.4 Å². The summed E-state index contributed by atoms with van der Waals surface area (Å²) in [5.41, 5.74) is 1.26. The molecule has 5 rings (SSSR count). The monoisotopic (exact) mass is 396 g/mol. The average Bonchev–Trinajstić information content (AvgIpc) is 3.35. The van der Waals surface area contributed by atoms with Gasteiger partial charge in [0, 0.05) is 36.8 Å². The molecule has 0 saturated carbocycles. The van der Waals surface area contributed by atoms with Gasteiger partial charge in [0.1, 0.15) is 0 Å². The smallest absolute Gasteiger partial charge is 0.255 e. The van der Waals surface area contributed by atoms with Crippen LogP contribution in [0.5, 0.6) is 0 Å². The molecule has 1 aromatic heterocycles. The van der Waals surface area contributed by atoms with Gasteiger partial charge < -0.3 is 9.64 Å². The Morgan fingerprint density at radius 3 is 2.69 bits per heavy atom. The van der Waals surface area contributed by atoms with Crippen LogP contribution >= 0.6 is 0 Å². The lowest BCUT2D eigenvalue weighted by atomic mass is 9.83. The van der Waals surface area contributed by atoms with Crippen LogP contribution < -0.4 is 0 Å². The molecule has 0 aliphatic carbocycles. The number of rotatable bonds is 3. The van der Waals surface area contributed by atoms with Crippen LogP contribution in [0.1, 0.15) is 49.9 Å². The summed E-state index contributed by atoms with van der Waals surface area (Å²) in [5, 5.41) is 14.3. The van der Waals surface area contributed by atoms with E-state index in [9.17, 15) is 4.79 Å². The molecule has 1 aromatic carbocycles. The van der Waals surface area contributed by atoms with Crippen LogP contribution in [0, 0.1) is 0 Å². The Bertz CT molecular complexity index is 869. The van der Waals surface area contributed by atoms with E-state index in [1.165, 1.54) is 0 Å². The van der Waals surface area contributed by atoms with Gasteiger partial charge in [0.2, 0.25) is 5.82 Å². The van der Waals surface area contributed by atoms with Crippen molar-refractivity contribution in [3.05, 3.63) is 29.8 Å². The van der Waals surface area contributed by atoms with Crippen LogP contribution in [0.4, 0.5) is 0 Å². The number of nitrogens with zero attached hydrogens (tertiary/aromatic N) is 5. The third-order valence-electron chi connectivity index (χ3n) is 6.82. The number of fused-ring (bicyclic) bond motifs is 2. The summed E-state index contributed by atoms with van der Waals surface area (Å²) in [6.45, 7) is 7.25. The van der Waals surface area contributed by atoms with Crippen LogP contribution in [0.15, 0.2) is 24.3 Å². The van der Waals surface area contributed by atoms with E-state index in [2.05, 4.69) is 44.3 Å². The fourth-order valence-corrected chi connectivity index (χ4v) is 5.48. The van der Waals surface area contributed by atoms with Gasteiger partial charge in [-0.05, 0) is 50.8 Å². The number of piperidine rings is 1. The van der Waals surface area contributed by atoms with Gasteiger partial charge in [-0.15, -0.1) is 10.2 Å². The Balaban J connectivity index is 1.40. The highest BCUT2D eigenvalue weighted by Crippen LogP contribution is 2.45. The van der Waals surface area contributed by atoms with Gasteiger partial charge in [-0.1, -0.05) is 18.2 Å². The first-order valence-corrected chi connectivity index (χ1v) is 10.6. The second kappa shape index (κ2) is 7.18. The third kappa shape index (κ3) is 3.24. The van der Waals surface area contributed by atoms with Gasteiger partial charge in [-0.25, -0.2) is 0 Å². The molecule has 154 valence electrons. The Kier molecular flexibility index (Phi) is 4.63. The molecule has 3 atom stereocenters. The van der Waals surface area contributed by atoms with Crippen molar-refractivity contribution >= 4 is 5.91 Å². The predicted molar refractivity (Wildman–Crippen MR) is 107 cm³/mol. The summed E-state index contributed by atoms with van der Waals surface area (Å²) in [6.07, 6.45) is 3.94. The number of H-pyrrole nitrogens is 1. The molecule has 2 bridgehead atoms. The van der Waals surface area contributed by atoms with Gasteiger partial charge in [0.25, 0.3) is 5.91 Å². The minimum absolute atomic E-state index is 0.0734.